The third kappa shape index (κ3) is 3.51. The number of aryl methyl sites for hydroxylation is 4. The number of fused-ring (bicyclic) bond motifs is 2. The maximum atomic E-state index is 12.2. The van der Waals surface area contributed by atoms with Gasteiger partial charge in [-0.3, -0.25) is 4.79 Å². The molecule has 2 aromatic heterocycles. The van der Waals surface area contributed by atoms with Crippen LogP contribution in [0.25, 0.3) is 5.78 Å². The summed E-state index contributed by atoms with van der Waals surface area (Å²) in [5.41, 5.74) is 4.88. The van der Waals surface area contributed by atoms with Crippen molar-refractivity contribution in [1.29, 1.82) is 0 Å². The van der Waals surface area contributed by atoms with Gasteiger partial charge in [-0.05, 0) is 62.4 Å². The van der Waals surface area contributed by atoms with Crippen molar-refractivity contribution in [3.63, 3.8) is 0 Å². The van der Waals surface area contributed by atoms with E-state index in [2.05, 4.69) is 20.4 Å². The summed E-state index contributed by atoms with van der Waals surface area (Å²) in [5.74, 6) is -0.972. The quantitative estimate of drug-likeness (QED) is 0.710. The number of carbonyl (C=O) groups excluding carboxylic acids is 2. The van der Waals surface area contributed by atoms with Gasteiger partial charge in [0, 0.05) is 17.1 Å². The van der Waals surface area contributed by atoms with Crippen molar-refractivity contribution < 1.29 is 14.3 Å². The van der Waals surface area contributed by atoms with E-state index < -0.39 is 18.5 Å². The monoisotopic (exact) mass is 365 g/mol. The Kier molecular flexibility index (Phi) is 4.31. The second-order valence-electron chi connectivity index (χ2n) is 6.65. The number of esters is 1. The highest BCUT2D eigenvalue weighted by atomic mass is 16.5. The zero-order valence-corrected chi connectivity index (χ0v) is 15.2. The van der Waals surface area contributed by atoms with Crippen LogP contribution in [-0.2, 0) is 22.4 Å². The van der Waals surface area contributed by atoms with Crippen LogP contribution in [0.3, 0.4) is 0 Å². The van der Waals surface area contributed by atoms with E-state index in [0.717, 1.165) is 30.7 Å². The van der Waals surface area contributed by atoms with Gasteiger partial charge in [-0.1, -0.05) is 6.07 Å². The minimum absolute atomic E-state index is 0.124. The van der Waals surface area contributed by atoms with Crippen LogP contribution in [0.2, 0.25) is 0 Å². The number of aromatic nitrogens is 4. The lowest BCUT2D eigenvalue weighted by molar-refractivity contribution is -0.119. The number of ether oxygens (including phenoxy) is 1. The van der Waals surface area contributed by atoms with Crippen molar-refractivity contribution in [3.05, 3.63) is 52.6 Å². The fraction of sp³-hybridized carbons (Fsp3) is 0.316. The number of rotatable bonds is 4. The summed E-state index contributed by atoms with van der Waals surface area (Å²) in [5, 5.41) is 6.84. The lowest BCUT2D eigenvalue weighted by Crippen LogP contribution is -2.21. The molecule has 0 spiro atoms. The van der Waals surface area contributed by atoms with Crippen molar-refractivity contribution in [2.75, 3.05) is 11.9 Å². The van der Waals surface area contributed by atoms with Crippen LogP contribution >= 0.6 is 0 Å². The summed E-state index contributed by atoms with van der Waals surface area (Å²) >= 11 is 0. The topological polar surface area (TPSA) is 98.5 Å². The van der Waals surface area contributed by atoms with Crippen LogP contribution in [-0.4, -0.2) is 38.1 Å². The van der Waals surface area contributed by atoms with Gasteiger partial charge >= 0.3 is 5.97 Å². The highest BCUT2D eigenvalue weighted by Crippen LogP contribution is 2.24. The molecule has 1 amide bonds. The van der Waals surface area contributed by atoms with Crippen LogP contribution in [0.4, 0.5) is 5.69 Å². The molecule has 0 saturated heterocycles. The van der Waals surface area contributed by atoms with Gasteiger partial charge in [-0.25, -0.2) is 14.3 Å². The molecule has 0 radical (unpaired) electrons. The van der Waals surface area contributed by atoms with Crippen molar-refractivity contribution in [2.24, 2.45) is 0 Å². The molecule has 0 unspecified atom stereocenters. The summed E-state index contributed by atoms with van der Waals surface area (Å²) in [6, 6.07) is 7.70. The van der Waals surface area contributed by atoms with E-state index in [1.807, 2.05) is 38.1 Å². The van der Waals surface area contributed by atoms with Gasteiger partial charge in [-0.2, -0.15) is 4.98 Å². The van der Waals surface area contributed by atoms with Gasteiger partial charge < -0.3 is 10.1 Å². The average Bonchev–Trinajstić information content (AvgIpc) is 3.26. The first-order valence-electron chi connectivity index (χ1n) is 8.79. The summed E-state index contributed by atoms with van der Waals surface area (Å²) < 4.78 is 6.50. The molecular weight excluding hydrogens is 346 g/mol. The molecule has 27 heavy (non-hydrogen) atoms. The highest BCUT2D eigenvalue weighted by molar-refractivity contribution is 5.94. The first-order valence-corrected chi connectivity index (χ1v) is 8.79. The fourth-order valence-electron chi connectivity index (χ4n) is 3.30. The third-order valence-corrected chi connectivity index (χ3v) is 4.52. The number of anilines is 1. The number of benzene rings is 1. The molecule has 1 aromatic carbocycles. The third-order valence-electron chi connectivity index (χ3n) is 4.52. The standard InChI is InChI=1S/C19H19N5O3/c1-11-8-12(2)24-19(20-11)22-17(23-24)18(26)27-10-16(25)21-15-7-6-13-4-3-5-14(13)9-15/h6-9H,3-5,10H2,1-2H3,(H,21,25). The van der Waals surface area contributed by atoms with Crippen LogP contribution < -0.4 is 5.32 Å². The van der Waals surface area contributed by atoms with E-state index in [1.54, 1.807) is 0 Å². The number of carbonyl (C=O) groups is 2. The van der Waals surface area contributed by atoms with E-state index in [9.17, 15) is 9.59 Å². The molecule has 2 heterocycles. The van der Waals surface area contributed by atoms with Crippen LogP contribution in [0, 0.1) is 13.8 Å². The first kappa shape index (κ1) is 17.1. The zero-order valence-electron chi connectivity index (χ0n) is 15.2. The molecule has 0 saturated carbocycles. The Balaban J connectivity index is 1.39. The van der Waals surface area contributed by atoms with Crippen LogP contribution in [0.1, 0.15) is 39.6 Å². The second-order valence-corrected chi connectivity index (χ2v) is 6.65. The number of nitrogens with one attached hydrogen (secondary N) is 1. The molecule has 0 bridgehead atoms. The molecule has 4 rings (SSSR count). The van der Waals surface area contributed by atoms with Gasteiger partial charge in [0.25, 0.3) is 17.5 Å². The Hall–Kier alpha value is -3.29. The minimum atomic E-state index is -0.762. The van der Waals surface area contributed by atoms with Gasteiger partial charge in [-0.15, -0.1) is 5.10 Å². The Morgan fingerprint density at radius 1 is 1.15 bits per heavy atom. The molecule has 138 valence electrons. The van der Waals surface area contributed by atoms with Crippen molar-refractivity contribution >= 4 is 23.3 Å². The summed E-state index contributed by atoms with van der Waals surface area (Å²) in [6.07, 6.45) is 3.26. The number of amides is 1. The summed E-state index contributed by atoms with van der Waals surface area (Å²) in [4.78, 5) is 32.5. The van der Waals surface area contributed by atoms with Crippen molar-refractivity contribution in [3.8, 4) is 0 Å². The smallest absolute Gasteiger partial charge is 0.378 e. The molecular formula is C19H19N5O3. The largest absolute Gasteiger partial charge is 0.450 e. The van der Waals surface area contributed by atoms with E-state index in [-0.39, 0.29) is 5.82 Å². The molecule has 3 aromatic rings. The lowest BCUT2D eigenvalue weighted by Gasteiger charge is -2.07. The van der Waals surface area contributed by atoms with Crippen molar-refractivity contribution in [1.82, 2.24) is 19.6 Å². The molecule has 1 aliphatic carbocycles. The number of hydrogen-bond acceptors (Lipinski definition) is 6. The fourth-order valence-corrected chi connectivity index (χ4v) is 3.30. The van der Waals surface area contributed by atoms with Crippen molar-refractivity contribution in [2.45, 2.75) is 33.1 Å². The van der Waals surface area contributed by atoms with Crippen LogP contribution in [0.15, 0.2) is 24.3 Å². The zero-order chi connectivity index (χ0) is 19.0. The summed E-state index contributed by atoms with van der Waals surface area (Å²) in [7, 11) is 0. The van der Waals surface area contributed by atoms with E-state index in [1.165, 1.54) is 15.6 Å². The molecule has 8 nitrogen and oxygen atoms in total. The van der Waals surface area contributed by atoms with Gasteiger partial charge in [0.1, 0.15) is 0 Å². The average molecular weight is 365 g/mol. The molecule has 8 heteroatoms. The van der Waals surface area contributed by atoms with E-state index >= 15 is 0 Å². The van der Waals surface area contributed by atoms with Gasteiger partial charge in [0.2, 0.25) is 0 Å². The molecule has 1 aliphatic rings. The number of nitrogens with zero attached hydrogens (tertiary/aromatic N) is 4. The normalized spacial score (nSPS) is 12.8. The predicted molar refractivity (Wildman–Crippen MR) is 97.6 cm³/mol. The maximum absolute atomic E-state index is 12.2. The molecule has 0 atom stereocenters. The second kappa shape index (κ2) is 6.79. The SMILES string of the molecule is Cc1cc(C)n2nc(C(=O)OCC(=O)Nc3ccc4c(c3)CCC4)nc2n1. The Bertz CT molecular complexity index is 1060. The summed E-state index contributed by atoms with van der Waals surface area (Å²) in [6.45, 7) is 3.27. The van der Waals surface area contributed by atoms with Crippen LogP contribution in [0.5, 0.6) is 0 Å². The number of hydrogen-bond donors (Lipinski definition) is 1. The Morgan fingerprint density at radius 2 is 1.96 bits per heavy atom. The predicted octanol–water partition coefficient (Wildman–Crippen LogP) is 2.03. The molecule has 0 aliphatic heterocycles. The Morgan fingerprint density at radius 3 is 2.81 bits per heavy atom. The maximum Gasteiger partial charge on any atom is 0.378 e. The van der Waals surface area contributed by atoms with Gasteiger partial charge in [0.05, 0.1) is 0 Å². The Labute approximate surface area is 155 Å². The lowest BCUT2D eigenvalue weighted by atomic mass is 10.1. The van der Waals surface area contributed by atoms with Gasteiger partial charge in [0.15, 0.2) is 6.61 Å². The first-order chi connectivity index (χ1) is 13.0. The molecule has 0 fully saturated rings. The highest BCUT2D eigenvalue weighted by Gasteiger charge is 2.18. The minimum Gasteiger partial charge on any atom is -0.450 e. The molecule has 1 N–H and O–H groups in total. The van der Waals surface area contributed by atoms with E-state index in [4.69, 9.17) is 4.74 Å². The van der Waals surface area contributed by atoms with E-state index in [0.29, 0.717) is 11.5 Å².